The summed E-state index contributed by atoms with van der Waals surface area (Å²) >= 11 is 0. The van der Waals surface area contributed by atoms with Crippen molar-refractivity contribution in [2.45, 2.75) is 32.9 Å². The maximum atomic E-state index is 12.2. The van der Waals surface area contributed by atoms with Crippen molar-refractivity contribution < 1.29 is 14.5 Å². The van der Waals surface area contributed by atoms with E-state index in [1.807, 2.05) is 57.2 Å². The number of nitro groups is 1. The Morgan fingerprint density at radius 2 is 1.73 bits per heavy atom. The maximum absolute atomic E-state index is 12.2. The van der Waals surface area contributed by atoms with Gasteiger partial charge in [-0.15, -0.1) is 0 Å². The molecule has 0 heterocycles. The van der Waals surface area contributed by atoms with Crippen LogP contribution in [-0.2, 0) is 11.3 Å². The highest BCUT2D eigenvalue weighted by Gasteiger charge is 2.15. The normalized spacial score (nSPS) is 11.2. The van der Waals surface area contributed by atoms with Crippen LogP contribution in [0.15, 0.2) is 60.7 Å². The fourth-order valence-electron chi connectivity index (χ4n) is 3.44. The minimum absolute atomic E-state index is 0.0513. The zero-order valence-corrected chi connectivity index (χ0v) is 19.2. The van der Waals surface area contributed by atoms with Gasteiger partial charge in [-0.2, -0.15) is 0 Å². The van der Waals surface area contributed by atoms with Crippen molar-refractivity contribution in [1.82, 2.24) is 10.6 Å². The highest BCUT2D eigenvalue weighted by Crippen LogP contribution is 2.28. The first-order valence-corrected chi connectivity index (χ1v) is 10.9. The molecule has 3 rings (SSSR count). The Morgan fingerprint density at radius 3 is 2.42 bits per heavy atom. The molecule has 0 unspecified atom stereocenters. The predicted octanol–water partition coefficient (Wildman–Crippen LogP) is 4.24. The van der Waals surface area contributed by atoms with E-state index in [-0.39, 0.29) is 23.7 Å². The van der Waals surface area contributed by atoms with Crippen LogP contribution in [0, 0.1) is 10.1 Å². The van der Waals surface area contributed by atoms with E-state index in [4.69, 9.17) is 4.74 Å². The van der Waals surface area contributed by atoms with Crippen LogP contribution in [0.25, 0.3) is 10.8 Å². The van der Waals surface area contributed by atoms with E-state index >= 15 is 0 Å². The smallest absolute Gasteiger partial charge is 0.269 e. The molecule has 3 aromatic carbocycles. The Morgan fingerprint density at radius 1 is 1.00 bits per heavy atom. The molecule has 0 aromatic heterocycles. The van der Waals surface area contributed by atoms with E-state index in [0.29, 0.717) is 25.4 Å². The molecule has 0 atom stereocenters. The van der Waals surface area contributed by atoms with Crippen molar-refractivity contribution in [2.75, 3.05) is 25.0 Å². The minimum atomic E-state index is -0.415. The minimum Gasteiger partial charge on any atom is -0.483 e. The maximum Gasteiger partial charge on any atom is 0.269 e. The molecule has 0 radical (unpaired) electrons. The quantitative estimate of drug-likeness (QED) is 0.242. The molecule has 0 aliphatic carbocycles. The molecule has 0 saturated carbocycles. The van der Waals surface area contributed by atoms with Crippen molar-refractivity contribution in [3.05, 3.63) is 76.3 Å². The van der Waals surface area contributed by atoms with E-state index in [1.54, 1.807) is 12.1 Å². The Kier molecular flexibility index (Phi) is 7.84. The average Bonchev–Trinajstić information content (AvgIpc) is 2.77. The van der Waals surface area contributed by atoms with Gasteiger partial charge in [0.05, 0.1) is 4.92 Å². The van der Waals surface area contributed by atoms with E-state index in [9.17, 15) is 14.9 Å². The van der Waals surface area contributed by atoms with Crippen LogP contribution in [-0.4, -0.2) is 36.1 Å². The van der Waals surface area contributed by atoms with Gasteiger partial charge in [-0.3, -0.25) is 14.9 Å². The lowest BCUT2D eigenvalue weighted by molar-refractivity contribution is -0.384. The molecule has 0 aliphatic heterocycles. The van der Waals surface area contributed by atoms with Crippen LogP contribution in [0.3, 0.4) is 0 Å². The summed E-state index contributed by atoms with van der Waals surface area (Å²) in [6, 6.07) is 18.3. The molecule has 33 heavy (non-hydrogen) atoms. The number of benzene rings is 3. The van der Waals surface area contributed by atoms with Crippen molar-refractivity contribution in [3.8, 4) is 5.75 Å². The molecule has 1 amide bonds. The Balaban J connectivity index is 1.60. The molecule has 3 aromatic rings. The highest BCUT2D eigenvalue weighted by atomic mass is 16.6. The molecule has 8 nitrogen and oxygen atoms in total. The summed E-state index contributed by atoms with van der Waals surface area (Å²) in [5, 5.41) is 22.5. The summed E-state index contributed by atoms with van der Waals surface area (Å²) in [6.07, 6.45) is 0. The number of hydrogen-bond donors (Lipinski definition) is 3. The van der Waals surface area contributed by atoms with E-state index in [1.165, 1.54) is 12.1 Å². The van der Waals surface area contributed by atoms with Crippen molar-refractivity contribution in [2.24, 2.45) is 0 Å². The summed E-state index contributed by atoms with van der Waals surface area (Å²) in [5.41, 5.74) is 1.57. The number of nitrogens with one attached hydrogen (secondary N) is 3. The zero-order chi connectivity index (χ0) is 23.8. The lowest BCUT2D eigenvalue weighted by atomic mass is 10.0. The van der Waals surface area contributed by atoms with Crippen molar-refractivity contribution >= 4 is 28.1 Å². The van der Waals surface area contributed by atoms with Gasteiger partial charge in [-0.25, -0.2) is 0 Å². The van der Waals surface area contributed by atoms with Crippen LogP contribution in [0.4, 0.5) is 11.4 Å². The van der Waals surface area contributed by atoms with Gasteiger partial charge >= 0.3 is 0 Å². The van der Waals surface area contributed by atoms with Crippen LogP contribution in [0.2, 0.25) is 0 Å². The number of rotatable bonds is 10. The Bertz CT molecular complexity index is 1110. The summed E-state index contributed by atoms with van der Waals surface area (Å²) < 4.78 is 5.89. The van der Waals surface area contributed by atoms with Crippen molar-refractivity contribution in [1.29, 1.82) is 0 Å². The first kappa shape index (κ1) is 24.0. The predicted molar refractivity (Wildman–Crippen MR) is 131 cm³/mol. The number of amides is 1. The van der Waals surface area contributed by atoms with Crippen LogP contribution >= 0.6 is 0 Å². The second kappa shape index (κ2) is 10.8. The van der Waals surface area contributed by atoms with Gasteiger partial charge in [0.15, 0.2) is 6.61 Å². The number of non-ortho nitro benzene ring substituents is 1. The molecule has 3 N–H and O–H groups in total. The third-order valence-electron chi connectivity index (χ3n) is 4.88. The number of ether oxygens (including phenoxy) is 1. The fraction of sp³-hybridized carbons (Fsp3) is 0.320. The third kappa shape index (κ3) is 7.18. The Hall–Kier alpha value is -3.65. The van der Waals surface area contributed by atoms with Crippen LogP contribution in [0.5, 0.6) is 5.75 Å². The van der Waals surface area contributed by atoms with Gasteiger partial charge in [-0.05, 0) is 49.7 Å². The second-order valence-electron chi connectivity index (χ2n) is 8.76. The molecular formula is C25H30N4O4. The van der Waals surface area contributed by atoms with E-state index < -0.39 is 4.92 Å². The van der Waals surface area contributed by atoms with Crippen LogP contribution < -0.4 is 20.7 Å². The van der Waals surface area contributed by atoms with Crippen molar-refractivity contribution in [3.63, 3.8) is 0 Å². The van der Waals surface area contributed by atoms with Gasteiger partial charge in [0.25, 0.3) is 11.6 Å². The largest absolute Gasteiger partial charge is 0.483 e. The van der Waals surface area contributed by atoms with Gasteiger partial charge in [0.1, 0.15) is 5.75 Å². The lowest BCUT2D eigenvalue weighted by Gasteiger charge is -2.21. The van der Waals surface area contributed by atoms with Gasteiger partial charge in [0.2, 0.25) is 0 Å². The molecule has 0 bridgehead atoms. The zero-order valence-electron chi connectivity index (χ0n) is 19.2. The highest BCUT2D eigenvalue weighted by molar-refractivity contribution is 5.88. The molecule has 8 heteroatoms. The van der Waals surface area contributed by atoms with E-state index in [2.05, 4.69) is 16.0 Å². The molecule has 0 spiro atoms. The van der Waals surface area contributed by atoms with E-state index in [0.717, 1.165) is 22.0 Å². The third-order valence-corrected chi connectivity index (χ3v) is 4.88. The number of carbonyl (C=O) groups is 1. The van der Waals surface area contributed by atoms with Crippen LogP contribution in [0.1, 0.15) is 26.3 Å². The second-order valence-corrected chi connectivity index (χ2v) is 8.76. The van der Waals surface area contributed by atoms with Gasteiger partial charge in [-0.1, -0.05) is 30.3 Å². The van der Waals surface area contributed by atoms with Gasteiger partial charge in [0, 0.05) is 48.6 Å². The summed E-state index contributed by atoms with van der Waals surface area (Å²) in [6.45, 7) is 7.63. The first-order valence-electron chi connectivity index (χ1n) is 10.9. The SMILES string of the molecule is CC(C)(C)NC(=O)COc1ccc2ccccc2c1CNCCNc1ccc([N+](=O)[O-])cc1. The summed E-state index contributed by atoms with van der Waals surface area (Å²) in [7, 11) is 0. The topological polar surface area (TPSA) is 106 Å². The monoisotopic (exact) mass is 450 g/mol. The number of carbonyl (C=O) groups excluding carboxylic acids is 1. The van der Waals surface area contributed by atoms with Gasteiger partial charge < -0.3 is 20.7 Å². The first-order chi connectivity index (χ1) is 15.7. The Labute approximate surface area is 193 Å². The number of fused-ring (bicyclic) bond motifs is 1. The lowest BCUT2D eigenvalue weighted by Crippen LogP contribution is -2.43. The molecule has 0 aliphatic rings. The summed E-state index contributed by atoms with van der Waals surface area (Å²) in [4.78, 5) is 22.5. The summed E-state index contributed by atoms with van der Waals surface area (Å²) in [5.74, 6) is 0.510. The number of nitrogens with zero attached hydrogens (tertiary/aromatic N) is 1. The number of nitro benzene ring substituents is 1. The number of anilines is 1. The molecule has 0 fully saturated rings. The average molecular weight is 451 g/mol. The number of hydrogen-bond acceptors (Lipinski definition) is 6. The standard InChI is InChI=1S/C25H30N4O4/c1-25(2,3)28-24(30)17-33-23-13-8-18-6-4-5-7-21(18)22(23)16-26-14-15-27-19-9-11-20(12-10-19)29(31)32/h4-13,26-27H,14-17H2,1-3H3,(H,28,30). The molecule has 174 valence electrons. The fourth-order valence-corrected chi connectivity index (χ4v) is 3.44. The molecule has 0 saturated heterocycles. The molecular weight excluding hydrogens is 420 g/mol.